The van der Waals surface area contributed by atoms with Crippen LogP contribution in [0.2, 0.25) is 0 Å². The fourth-order valence-corrected chi connectivity index (χ4v) is 3.72. The van der Waals surface area contributed by atoms with Crippen LogP contribution in [0.1, 0.15) is 37.7 Å². The van der Waals surface area contributed by atoms with Gasteiger partial charge in [0.05, 0.1) is 36.3 Å². The second-order valence-electron chi connectivity index (χ2n) is 7.11. The van der Waals surface area contributed by atoms with Gasteiger partial charge in [-0.2, -0.15) is 0 Å². The molecule has 2 heterocycles. The van der Waals surface area contributed by atoms with Crippen LogP contribution in [-0.2, 0) is 17.6 Å². The Labute approximate surface area is 168 Å². The SMILES string of the molecule is CCO[C@H]1CNC[C@H]1Nc1nc(CC)c(-c2ccc(OC)cc2C)nc1CC. The van der Waals surface area contributed by atoms with E-state index in [2.05, 4.69) is 37.5 Å². The average molecular weight is 385 g/mol. The smallest absolute Gasteiger partial charge is 0.148 e. The molecular weight excluding hydrogens is 352 g/mol. The topological polar surface area (TPSA) is 68.3 Å². The lowest BCUT2D eigenvalue weighted by Gasteiger charge is -2.23. The van der Waals surface area contributed by atoms with E-state index >= 15 is 0 Å². The summed E-state index contributed by atoms with van der Waals surface area (Å²) in [5.74, 6) is 1.74. The number of hydrogen-bond acceptors (Lipinski definition) is 6. The number of aryl methyl sites for hydroxylation is 3. The van der Waals surface area contributed by atoms with Crippen LogP contribution in [0.15, 0.2) is 18.2 Å². The van der Waals surface area contributed by atoms with Gasteiger partial charge in [0.2, 0.25) is 0 Å². The highest BCUT2D eigenvalue weighted by Crippen LogP contribution is 2.30. The lowest BCUT2D eigenvalue weighted by atomic mass is 10.0. The van der Waals surface area contributed by atoms with Crippen molar-refractivity contribution in [2.45, 2.75) is 52.7 Å². The summed E-state index contributed by atoms with van der Waals surface area (Å²) in [6, 6.07) is 6.32. The molecule has 6 nitrogen and oxygen atoms in total. The maximum absolute atomic E-state index is 5.86. The van der Waals surface area contributed by atoms with Crippen LogP contribution in [0.4, 0.5) is 5.82 Å². The molecule has 1 fully saturated rings. The Morgan fingerprint density at radius 1 is 1.11 bits per heavy atom. The second kappa shape index (κ2) is 9.34. The largest absolute Gasteiger partial charge is 0.497 e. The second-order valence-corrected chi connectivity index (χ2v) is 7.11. The van der Waals surface area contributed by atoms with E-state index in [4.69, 9.17) is 19.4 Å². The Balaban J connectivity index is 1.96. The first-order valence-corrected chi connectivity index (χ1v) is 10.2. The van der Waals surface area contributed by atoms with E-state index in [0.29, 0.717) is 6.61 Å². The molecule has 0 bridgehead atoms. The first-order valence-electron chi connectivity index (χ1n) is 10.2. The Hall–Kier alpha value is -2.18. The van der Waals surface area contributed by atoms with Crippen molar-refractivity contribution in [1.82, 2.24) is 15.3 Å². The number of nitrogens with one attached hydrogen (secondary N) is 2. The zero-order valence-corrected chi connectivity index (χ0v) is 17.6. The van der Waals surface area contributed by atoms with E-state index in [1.165, 1.54) is 0 Å². The maximum atomic E-state index is 5.86. The standard InChI is InChI=1S/C22H32N4O2/c1-6-17-21(16-10-9-15(27-5)11-14(16)4)24-18(7-2)22(25-17)26-19-12-23-13-20(19)28-8-3/h9-11,19-20,23H,6-8,12-13H2,1-5H3,(H,25,26)/t19-,20+/m1/s1. The van der Waals surface area contributed by atoms with Crippen LogP contribution >= 0.6 is 0 Å². The molecule has 1 aliphatic rings. The van der Waals surface area contributed by atoms with Gasteiger partial charge in [0, 0.05) is 25.3 Å². The Morgan fingerprint density at radius 3 is 2.54 bits per heavy atom. The van der Waals surface area contributed by atoms with Gasteiger partial charge in [0.15, 0.2) is 0 Å². The lowest BCUT2D eigenvalue weighted by molar-refractivity contribution is 0.0709. The third kappa shape index (κ3) is 4.28. The number of methoxy groups -OCH3 is 1. The number of nitrogens with zero attached hydrogens (tertiary/aromatic N) is 2. The molecule has 28 heavy (non-hydrogen) atoms. The van der Waals surface area contributed by atoms with Gasteiger partial charge in [-0.1, -0.05) is 13.8 Å². The van der Waals surface area contributed by atoms with Gasteiger partial charge in [-0.25, -0.2) is 9.97 Å². The molecule has 1 aliphatic heterocycles. The molecule has 1 aromatic carbocycles. The van der Waals surface area contributed by atoms with Crippen molar-refractivity contribution in [2.24, 2.45) is 0 Å². The van der Waals surface area contributed by atoms with E-state index < -0.39 is 0 Å². The highest BCUT2D eigenvalue weighted by atomic mass is 16.5. The van der Waals surface area contributed by atoms with Crippen LogP contribution in [0.5, 0.6) is 5.75 Å². The Morgan fingerprint density at radius 2 is 1.89 bits per heavy atom. The van der Waals surface area contributed by atoms with Crippen LogP contribution in [0.3, 0.4) is 0 Å². The molecule has 152 valence electrons. The molecule has 6 heteroatoms. The van der Waals surface area contributed by atoms with Crippen molar-refractivity contribution in [3.05, 3.63) is 35.2 Å². The highest BCUT2D eigenvalue weighted by Gasteiger charge is 2.28. The zero-order valence-electron chi connectivity index (χ0n) is 17.6. The monoisotopic (exact) mass is 384 g/mol. The summed E-state index contributed by atoms with van der Waals surface area (Å²) in [6.45, 7) is 10.8. The maximum Gasteiger partial charge on any atom is 0.148 e. The van der Waals surface area contributed by atoms with Gasteiger partial charge in [-0.05, 0) is 50.5 Å². The fourth-order valence-electron chi connectivity index (χ4n) is 3.72. The number of ether oxygens (including phenoxy) is 2. The summed E-state index contributed by atoms with van der Waals surface area (Å²) in [4.78, 5) is 10.0. The molecule has 0 radical (unpaired) electrons. The van der Waals surface area contributed by atoms with Crippen molar-refractivity contribution in [3.8, 4) is 17.0 Å². The molecule has 0 spiro atoms. The van der Waals surface area contributed by atoms with Gasteiger partial charge in [-0.15, -0.1) is 0 Å². The van der Waals surface area contributed by atoms with Gasteiger partial charge in [-0.3, -0.25) is 0 Å². The molecule has 2 atom stereocenters. The van der Waals surface area contributed by atoms with Crippen LogP contribution in [0.25, 0.3) is 11.3 Å². The molecular formula is C22H32N4O2. The lowest BCUT2D eigenvalue weighted by Crippen LogP contribution is -2.35. The van der Waals surface area contributed by atoms with Crippen LogP contribution in [-0.4, -0.2) is 48.9 Å². The number of hydrogen-bond donors (Lipinski definition) is 2. The van der Waals surface area contributed by atoms with Crippen molar-refractivity contribution in [2.75, 3.05) is 32.1 Å². The molecule has 1 saturated heterocycles. The average Bonchev–Trinajstić information content (AvgIpc) is 3.14. The fraction of sp³-hybridized carbons (Fsp3) is 0.545. The van der Waals surface area contributed by atoms with E-state index in [1.807, 2.05) is 19.1 Å². The van der Waals surface area contributed by atoms with Gasteiger partial charge < -0.3 is 20.1 Å². The number of aromatic nitrogens is 2. The van der Waals surface area contributed by atoms with E-state index in [1.54, 1.807) is 7.11 Å². The molecule has 0 unspecified atom stereocenters. The minimum absolute atomic E-state index is 0.157. The van der Waals surface area contributed by atoms with Crippen molar-refractivity contribution in [1.29, 1.82) is 0 Å². The Kier molecular flexibility index (Phi) is 6.86. The summed E-state index contributed by atoms with van der Waals surface area (Å²) < 4.78 is 11.2. The first kappa shape index (κ1) is 20.6. The third-order valence-electron chi connectivity index (χ3n) is 5.26. The van der Waals surface area contributed by atoms with Crippen LogP contribution < -0.4 is 15.4 Å². The predicted octanol–water partition coefficient (Wildman–Crippen LogP) is 3.37. The van der Waals surface area contributed by atoms with E-state index in [9.17, 15) is 0 Å². The molecule has 2 aromatic rings. The van der Waals surface area contributed by atoms with Crippen molar-refractivity contribution in [3.63, 3.8) is 0 Å². The molecule has 0 saturated carbocycles. The molecule has 0 aliphatic carbocycles. The van der Waals surface area contributed by atoms with Gasteiger partial charge in [0.1, 0.15) is 11.6 Å². The number of anilines is 1. The normalized spacial score (nSPS) is 19.0. The van der Waals surface area contributed by atoms with E-state index in [0.717, 1.165) is 65.7 Å². The summed E-state index contributed by atoms with van der Waals surface area (Å²) in [6.07, 6.45) is 1.80. The molecule has 2 N–H and O–H groups in total. The summed E-state index contributed by atoms with van der Waals surface area (Å²) in [7, 11) is 1.69. The third-order valence-corrected chi connectivity index (χ3v) is 5.26. The minimum Gasteiger partial charge on any atom is -0.497 e. The van der Waals surface area contributed by atoms with Crippen molar-refractivity contribution < 1.29 is 9.47 Å². The predicted molar refractivity (Wildman–Crippen MR) is 113 cm³/mol. The quantitative estimate of drug-likeness (QED) is 0.727. The van der Waals surface area contributed by atoms with Crippen molar-refractivity contribution >= 4 is 5.82 Å². The zero-order chi connectivity index (χ0) is 20.1. The van der Waals surface area contributed by atoms with E-state index in [-0.39, 0.29) is 12.1 Å². The summed E-state index contributed by atoms with van der Waals surface area (Å²) in [5.41, 5.74) is 5.22. The highest BCUT2D eigenvalue weighted by molar-refractivity contribution is 5.68. The molecule has 0 amide bonds. The number of benzene rings is 1. The minimum atomic E-state index is 0.157. The summed E-state index contributed by atoms with van der Waals surface area (Å²) >= 11 is 0. The van der Waals surface area contributed by atoms with Gasteiger partial charge in [0.25, 0.3) is 0 Å². The molecule has 1 aromatic heterocycles. The van der Waals surface area contributed by atoms with Gasteiger partial charge >= 0.3 is 0 Å². The molecule has 3 rings (SSSR count). The Bertz CT molecular complexity index is 809. The number of rotatable bonds is 8. The first-order chi connectivity index (χ1) is 13.6. The summed E-state index contributed by atoms with van der Waals surface area (Å²) in [5, 5.41) is 7.00. The van der Waals surface area contributed by atoms with Crippen LogP contribution in [0, 0.1) is 6.92 Å².